The fourth-order valence-corrected chi connectivity index (χ4v) is 3.47. The van der Waals surface area contributed by atoms with Crippen molar-refractivity contribution in [3.05, 3.63) is 52.6 Å². The highest BCUT2D eigenvalue weighted by Gasteiger charge is 2.37. The first-order valence-corrected chi connectivity index (χ1v) is 9.29. The Morgan fingerprint density at radius 3 is 1.71 bits per heavy atom. The van der Waals surface area contributed by atoms with Crippen molar-refractivity contribution in [3.8, 4) is 11.1 Å². The minimum Gasteiger partial charge on any atom is -0.478 e. The molecule has 0 saturated heterocycles. The quantitative estimate of drug-likeness (QED) is 0.716. The van der Waals surface area contributed by atoms with Gasteiger partial charge in [0.25, 0.3) is 0 Å². The zero-order valence-electron chi connectivity index (χ0n) is 14.2. The van der Waals surface area contributed by atoms with Gasteiger partial charge in [0.05, 0.1) is 21.6 Å². The number of sulfone groups is 1. The van der Waals surface area contributed by atoms with Crippen LogP contribution in [-0.2, 0) is 22.2 Å². The molecule has 4 nitrogen and oxygen atoms in total. The Labute approximate surface area is 155 Å². The van der Waals surface area contributed by atoms with Gasteiger partial charge < -0.3 is 5.11 Å². The van der Waals surface area contributed by atoms with Gasteiger partial charge in [-0.2, -0.15) is 26.3 Å². The molecular weight excluding hydrogens is 414 g/mol. The zero-order valence-corrected chi connectivity index (χ0v) is 15.1. The molecule has 0 aliphatic heterocycles. The molecule has 0 unspecified atom stereocenters. The third-order valence-corrected chi connectivity index (χ3v) is 4.99. The number of hydrogen-bond donors (Lipinski definition) is 1. The van der Waals surface area contributed by atoms with Gasteiger partial charge in [-0.05, 0) is 48.4 Å². The van der Waals surface area contributed by atoms with E-state index in [-0.39, 0.29) is 11.6 Å². The number of aromatic carboxylic acids is 1. The van der Waals surface area contributed by atoms with Crippen LogP contribution in [0.3, 0.4) is 0 Å². The average molecular weight is 426 g/mol. The maximum Gasteiger partial charge on any atom is 0.416 e. The third-order valence-electron chi connectivity index (χ3n) is 3.86. The number of carbonyl (C=O) groups is 1. The summed E-state index contributed by atoms with van der Waals surface area (Å²) in [5.74, 6) is -1.49. The first-order chi connectivity index (χ1) is 12.5. The Kier molecular flexibility index (Phi) is 5.28. The molecule has 0 aromatic heterocycles. The second-order valence-corrected chi connectivity index (χ2v) is 8.02. The number of alkyl halides is 6. The molecule has 0 fully saturated rings. The van der Waals surface area contributed by atoms with Crippen molar-refractivity contribution < 1.29 is 44.7 Å². The Morgan fingerprint density at radius 2 is 1.36 bits per heavy atom. The van der Waals surface area contributed by atoms with E-state index in [0.717, 1.165) is 12.1 Å². The van der Waals surface area contributed by atoms with E-state index in [1.54, 1.807) is 0 Å². The van der Waals surface area contributed by atoms with Crippen LogP contribution >= 0.6 is 0 Å². The highest BCUT2D eigenvalue weighted by atomic mass is 32.2. The van der Waals surface area contributed by atoms with Crippen LogP contribution in [0.4, 0.5) is 26.3 Å². The van der Waals surface area contributed by atoms with E-state index < -0.39 is 60.9 Å². The average Bonchev–Trinajstić information content (AvgIpc) is 2.51. The van der Waals surface area contributed by atoms with Gasteiger partial charge >= 0.3 is 18.3 Å². The predicted molar refractivity (Wildman–Crippen MR) is 86.7 cm³/mol. The summed E-state index contributed by atoms with van der Waals surface area (Å²) in [6, 6.07) is 2.35. The molecule has 0 aliphatic carbocycles. The Balaban J connectivity index is 2.94. The van der Waals surface area contributed by atoms with Crippen LogP contribution in [0.5, 0.6) is 0 Å². The first kappa shape index (κ1) is 21.7. The summed E-state index contributed by atoms with van der Waals surface area (Å²) in [6.45, 7) is 1.25. The van der Waals surface area contributed by atoms with Gasteiger partial charge in [0.15, 0.2) is 9.84 Å². The molecular formula is C17H12F6O4S. The molecule has 0 amide bonds. The highest BCUT2D eigenvalue weighted by Crippen LogP contribution is 2.40. The maximum atomic E-state index is 13.1. The van der Waals surface area contributed by atoms with Gasteiger partial charge in [-0.1, -0.05) is 0 Å². The van der Waals surface area contributed by atoms with E-state index in [2.05, 4.69) is 0 Å². The van der Waals surface area contributed by atoms with Crippen molar-refractivity contribution in [2.24, 2.45) is 0 Å². The maximum absolute atomic E-state index is 13.1. The summed E-state index contributed by atoms with van der Waals surface area (Å²) in [7, 11) is -4.18. The third kappa shape index (κ3) is 4.46. The Morgan fingerprint density at radius 1 is 0.893 bits per heavy atom. The summed E-state index contributed by atoms with van der Waals surface area (Å²) < 4.78 is 103. The molecule has 152 valence electrons. The minimum absolute atomic E-state index is 0.0270. The standard InChI is InChI=1S/C17H12F6O4S/c1-8-3-13(14(28(2,26)27)7-12(8)15(24)25)9-4-10(16(18,19)20)6-11(5-9)17(21,22)23/h3-7H,1-2H3,(H,24,25). The summed E-state index contributed by atoms with van der Waals surface area (Å²) in [4.78, 5) is 10.5. The molecule has 11 heteroatoms. The highest BCUT2D eigenvalue weighted by molar-refractivity contribution is 7.90. The van der Waals surface area contributed by atoms with Crippen LogP contribution in [0.2, 0.25) is 0 Å². The van der Waals surface area contributed by atoms with Crippen molar-refractivity contribution >= 4 is 15.8 Å². The van der Waals surface area contributed by atoms with Crippen molar-refractivity contribution in [2.75, 3.05) is 6.26 Å². The van der Waals surface area contributed by atoms with Crippen LogP contribution in [0, 0.1) is 6.92 Å². The van der Waals surface area contributed by atoms with E-state index in [4.69, 9.17) is 5.11 Å². The lowest BCUT2D eigenvalue weighted by molar-refractivity contribution is -0.143. The molecule has 2 aromatic carbocycles. The van der Waals surface area contributed by atoms with Gasteiger partial charge in [-0.3, -0.25) is 0 Å². The van der Waals surface area contributed by atoms with Crippen LogP contribution in [-0.4, -0.2) is 25.7 Å². The SMILES string of the molecule is Cc1cc(-c2cc(C(F)(F)F)cc(C(F)(F)F)c2)c(S(C)(=O)=O)cc1C(=O)O. The Bertz CT molecular complexity index is 1020. The van der Waals surface area contributed by atoms with Gasteiger partial charge in [0, 0.05) is 11.8 Å². The fraction of sp³-hybridized carbons (Fsp3) is 0.235. The monoisotopic (exact) mass is 426 g/mol. The van der Waals surface area contributed by atoms with Crippen LogP contribution in [0.15, 0.2) is 35.2 Å². The zero-order chi connectivity index (χ0) is 21.7. The lowest BCUT2D eigenvalue weighted by atomic mass is 9.96. The number of aryl methyl sites for hydroxylation is 1. The second-order valence-electron chi connectivity index (χ2n) is 6.04. The molecule has 0 spiro atoms. The van der Waals surface area contributed by atoms with E-state index in [1.807, 2.05) is 0 Å². The summed E-state index contributed by atoms with van der Waals surface area (Å²) in [5, 5.41) is 9.13. The number of hydrogen-bond acceptors (Lipinski definition) is 3. The topological polar surface area (TPSA) is 71.4 Å². The van der Waals surface area contributed by atoms with E-state index in [9.17, 15) is 39.6 Å². The second kappa shape index (κ2) is 6.80. The van der Waals surface area contributed by atoms with Gasteiger partial charge in [-0.25, -0.2) is 13.2 Å². The fourth-order valence-electron chi connectivity index (χ4n) is 2.56. The number of benzene rings is 2. The van der Waals surface area contributed by atoms with Gasteiger partial charge in [0.2, 0.25) is 0 Å². The van der Waals surface area contributed by atoms with Crippen molar-refractivity contribution in [3.63, 3.8) is 0 Å². The lowest BCUT2D eigenvalue weighted by Crippen LogP contribution is -2.12. The normalized spacial score (nSPS) is 12.9. The largest absolute Gasteiger partial charge is 0.478 e. The van der Waals surface area contributed by atoms with Crippen LogP contribution < -0.4 is 0 Å². The van der Waals surface area contributed by atoms with Crippen LogP contribution in [0.1, 0.15) is 27.0 Å². The molecule has 1 N–H and O–H groups in total. The smallest absolute Gasteiger partial charge is 0.416 e. The molecule has 0 heterocycles. The number of rotatable bonds is 3. The molecule has 0 bridgehead atoms. The predicted octanol–water partition coefficient (Wildman–Crippen LogP) is 4.80. The molecule has 0 saturated carbocycles. The lowest BCUT2D eigenvalue weighted by Gasteiger charge is -2.17. The molecule has 0 aliphatic rings. The molecule has 2 aromatic rings. The van der Waals surface area contributed by atoms with E-state index >= 15 is 0 Å². The van der Waals surface area contributed by atoms with Crippen molar-refractivity contribution in [1.82, 2.24) is 0 Å². The molecule has 0 radical (unpaired) electrons. The minimum atomic E-state index is -5.11. The summed E-state index contributed by atoms with van der Waals surface area (Å²) in [5.41, 5.74) is -4.80. The molecule has 2 rings (SSSR count). The Hall–Kier alpha value is -2.56. The summed E-state index contributed by atoms with van der Waals surface area (Å²) in [6.07, 6.45) is -9.56. The number of halogens is 6. The van der Waals surface area contributed by atoms with Crippen molar-refractivity contribution in [2.45, 2.75) is 24.2 Å². The van der Waals surface area contributed by atoms with E-state index in [1.165, 1.54) is 6.92 Å². The van der Waals surface area contributed by atoms with Crippen molar-refractivity contribution in [1.29, 1.82) is 0 Å². The van der Waals surface area contributed by atoms with Gasteiger partial charge in [0.1, 0.15) is 0 Å². The summed E-state index contributed by atoms with van der Waals surface area (Å²) >= 11 is 0. The van der Waals surface area contributed by atoms with Gasteiger partial charge in [-0.15, -0.1) is 0 Å². The number of carboxylic acids is 1. The number of carboxylic acid groups (broad SMARTS) is 1. The molecule has 28 heavy (non-hydrogen) atoms. The van der Waals surface area contributed by atoms with Crippen LogP contribution in [0.25, 0.3) is 11.1 Å². The van der Waals surface area contributed by atoms with E-state index in [0.29, 0.717) is 18.4 Å². The molecule has 0 atom stereocenters. The first-order valence-electron chi connectivity index (χ1n) is 7.39.